The molecule has 3 rings (SSSR count). The molecule has 0 saturated carbocycles. The number of rotatable bonds is 4. The third kappa shape index (κ3) is 2.64. The minimum atomic E-state index is 0.763. The molecule has 1 aromatic heterocycles. The van der Waals surface area contributed by atoms with Gasteiger partial charge in [-0.15, -0.1) is 0 Å². The molecular weight excluding hydrogens is 248 g/mol. The molecule has 0 amide bonds. The predicted molar refractivity (Wildman–Crippen MR) is 83.3 cm³/mol. The smallest absolute Gasteiger partial charge is 0.0925 e. The molecule has 0 atom stereocenters. The van der Waals surface area contributed by atoms with Crippen LogP contribution in [0.5, 0.6) is 0 Å². The number of benzene rings is 1. The monoisotopic (exact) mass is 270 g/mol. The molecule has 0 aliphatic carbocycles. The molecule has 4 heteroatoms. The second-order valence-electron chi connectivity index (χ2n) is 5.52. The highest BCUT2D eigenvalue weighted by Crippen LogP contribution is 2.25. The maximum atomic E-state index is 4.31. The minimum absolute atomic E-state index is 0.763. The number of anilines is 2. The summed E-state index contributed by atoms with van der Waals surface area (Å²) in [4.78, 5) is 9.89. The SMILES string of the molecule is Cc1cc(N2CCCC2)ccc1NCc1nc[nH]c1C. The van der Waals surface area contributed by atoms with Crippen molar-refractivity contribution in [3.05, 3.63) is 41.5 Å². The second kappa shape index (κ2) is 5.57. The van der Waals surface area contributed by atoms with E-state index >= 15 is 0 Å². The van der Waals surface area contributed by atoms with Crippen molar-refractivity contribution in [2.24, 2.45) is 0 Å². The first-order valence-corrected chi connectivity index (χ1v) is 7.32. The van der Waals surface area contributed by atoms with Crippen LogP contribution in [0.25, 0.3) is 0 Å². The fourth-order valence-corrected chi connectivity index (χ4v) is 2.76. The third-order valence-corrected chi connectivity index (χ3v) is 4.06. The van der Waals surface area contributed by atoms with Gasteiger partial charge in [-0.1, -0.05) is 0 Å². The zero-order valence-electron chi connectivity index (χ0n) is 12.2. The number of nitrogens with one attached hydrogen (secondary N) is 2. The highest BCUT2D eigenvalue weighted by molar-refractivity contribution is 5.60. The zero-order valence-corrected chi connectivity index (χ0v) is 12.2. The number of aryl methyl sites for hydroxylation is 2. The predicted octanol–water partition coefficient (Wildman–Crippen LogP) is 3.24. The average molecular weight is 270 g/mol. The second-order valence-corrected chi connectivity index (χ2v) is 5.52. The Morgan fingerprint density at radius 2 is 2.05 bits per heavy atom. The fourth-order valence-electron chi connectivity index (χ4n) is 2.76. The molecular formula is C16H22N4. The average Bonchev–Trinajstić information content (AvgIpc) is 3.09. The van der Waals surface area contributed by atoms with Gasteiger partial charge in [0.25, 0.3) is 0 Å². The maximum absolute atomic E-state index is 4.31. The van der Waals surface area contributed by atoms with Crippen LogP contribution in [-0.4, -0.2) is 23.1 Å². The molecule has 106 valence electrons. The van der Waals surface area contributed by atoms with Gasteiger partial charge in [0.1, 0.15) is 0 Å². The molecule has 2 N–H and O–H groups in total. The Morgan fingerprint density at radius 1 is 1.25 bits per heavy atom. The van der Waals surface area contributed by atoms with Crippen molar-refractivity contribution in [3.63, 3.8) is 0 Å². The molecule has 4 nitrogen and oxygen atoms in total. The molecule has 0 unspecified atom stereocenters. The summed E-state index contributed by atoms with van der Waals surface area (Å²) >= 11 is 0. The summed E-state index contributed by atoms with van der Waals surface area (Å²) in [6.07, 6.45) is 4.38. The summed E-state index contributed by atoms with van der Waals surface area (Å²) in [5, 5.41) is 3.47. The summed E-state index contributed by atoms with van der Waals surface area (Å²) in [6.45, 7) is 7.36. The largest absolute Gasteiger partial charge is 0.379 e. The van der Waals surface area contributed by atoms with E-state index in [1.54, 1.807) is 6.33 Å². The van der Waals surface area contributed by atoms with Crippen LogP contribution in [0, 0.1) is 13.8 Å². The van der Waals surface area contributed by atoms with Crippen molar-refractivity contribution >= 4 is 11.4 Å². The van der Waals surface area contributed by atoms with Gasteiger partial charge in [0.05, 0.1) is 18.6 Å². The van der Waals surface area contributed by atoms with Gasteiger partial charge in [0.2, 0.25) is 0 Å². The maximum Gasteiger partial charge on any atom is 0.0925 e. The molecule has 0 radical (unpaired) electrons. The van der Waals surface area contributed by atoms with E-state index in [4.69, 9.17) is 0 Å². The van der Waals surface area contributed by atoms with Crippen LogP contribution in [-0.2, 0) is 6.54 Å². The van der Waals surface area contributed by atoms with Crippen LogP contribution in [0.2, 0.25) is 0 Å². The van der Waals surface area contributed by atoms with E-state index in [1.165, 1.54) is 42.9 Å². The normalized spacial score (nSPS) is 14.8. The first-order chi connectivity index (χ1) is 9.74. The molecule has 1 aliphatic heterocycles. The van der Waals surface area contributed by atoms with E-state index in [2.05, 4.69) is 45.3 Å². The Balaban J connectivity index is 1.69. The summed E-state index contributed by atoms with van der Waals surface area (Å²) in [7, 11) is 0. The summed E-state index contributed by atoms with van der Waals surface area (Å²) in [5.74, 6) is 0. The Morgan fingerprint density at radius 3 is 2.70 bits per heavy atom. The highest BCUT2D eigenvalue weighted by atomic mass is 15.1. The lowest BCUT2D eigenvalue weighted by Crippen LogP contribution is -2.17. The number of nitrogens with zero attached hydrogens (tertiary/aromatic N) is 2. The number of imidazole rings is 1. The van der Waals surface area contributed by atoms with Crippen molar-refractivity contribution in [2.45, 2.75) is 33.2 Å². The number of H-pyrrole nitrogens is 1. The standard InChI is InChI=1S/C16H22N4/c1-12-9-14(20-7-3-4-8-20)5-6-15(12)17-10-16-13(2)18-11-19-16/h5-6,9,11,17H,3-4,7-8,10H2,1-2H3,(H,18,19). The van der Waals surface area contributed by atoms with Crippen molar-refractivity contribution in [2.75, 3.05) is 23.3 Å². The van der Waals surface area contributed by atoms with E-state index < -0.39 is 0 Å². The van der Waals surface area contributed by atoms with Gasteiger partial charge in [0.15, 0.2) is 0 Å². The van der Waals surface area contributed by atoms with E-state index in [0.29, 0.717) is 0 Å². The summed E-state index contributed by atoms with van der Waals surface area (Å²) in [5.41, 5.74) is 6.04. The van der Waals surface area contributed by atoms with Crippen molar-refractivity contribution in [3.8, 4) is 0 Å². The van der Waals surface area contributed by atoms with Gasteiger partial charge >= 0.3 is 0 Å². The van der Waals surface area contributed by atoms with Gasteiger partial charge in [-0.25, -0.2) is 4.98 Å². The van der Waals surface area contributed by atoms with Crippen LogP contribution >= 0.6 is 0 Å². The molecule has 20 heavy (non-hydrogen) atoms. The van der Waals surface area contributed by atoms with E-state index in [1.807, 2.05) is 6.92 Å². The molecule has 0 spiro atoms. The molecule has 1 aliphatic rings. The lowest BCUT2D eigenvalue weighted by molar-refractivity contribution is 0.949. The topological polar surface area (TPSA) is 44.0 Å². The number of hydrogen-bond acceptors (Lipinski definition) is 3. The lowest BCUT2D eigenvalue weighted by atomic mass is 10.1. The van der Waals surface area contributed by atoms with Crippen molar-refractivity contribution in [1.29, 1.82) is 0 Å². The van der Waals surface area contributed by atoms with Gasteiger partial charge < -0.3 is 15.2 Å². The molecule has 0 bridgehead atoms. The Labute approximate surface area is 120 Å². The molecule has 2 heterocycles. The van der Waals surface area contributed by atoms with Crippen LogP contribution in [0.1, 0.15) is 29.8 Å². The number of hydrogen-bond donors (Lipinski definition) is 2. The summed E-state index contributed by atoms with van der Waals surface area (Å²) in [6, 6.07) is 6.69. The first-order valence-electron chi connectivity index (χ1n) is 7.32. The van der Waals surface area contributed by atoms with Crippen LogP contribution in [0.3, 0.4) is 0 Å². The van der Waals surface area contributed by atoms with E-state index in [0.717, 1.165) is 17.9 Å². The van der Waals surface area contributed by atoms with E-state index in [-0.39, 0.29) is 0 Å². The van der Waals surface area contributed by atoms with Crippen molar-refractivity contribution < 1.29 is 0 Å². The summed E-state index contributed by atoms with van der Waals surface area (Å²) < 4.78 is 0. The zero-order chi connectivity index (χ0) is 13.9. The Hall–Kier alpha value is -1.97. The molecule has 1 aromatic carbocycles. The van der Waals surface area contributed by atoms with Gasteiger partial charge in [0, 0.05) is 30.2 Å². The van der Waals surface area contributed by atoms with Crippen LogP contribution in [0.15, 0.2) is 24.5 Å². The molecule has 1 fully saturated rings. The lowest BCUT2D eigenvalue weighted by Gasteiger charge is -2.19. The third-order valence-electron chi connectivity index (χ3n) is 4.06. The Bertz CT molecular complexity index is 582. The first kappa shape index (κ1) is 13.0. The van der Waals surface area contributed by atoms with Gasteiger partial charge in [-0.2, -0.15) is 0 Å². The van der Waals surface area contributed by atoms with Gasteiger partial charge in [-0.05, 0) is 50.5 Å². The van der Waals surface area contributed by atoms with Crippen LogP contribution in [0.4, 0.5) is 11.4 Å². The fraction of sp³-hybridized carbons (Fsp3) is 0.438. The van der Waals surface area contributed by atoms with Gasteiger partial charge in [-0.3, -0.25) is 0 Å². The minimum Gasteiger partial charge on any atom is -0.379 e. The highest BCUT2D eigenvalue weighted by Gasteiger charge is 2.13. The number of aromatic amines is 1. The van der Waals surface area contributed by atoms with Crippen LogP contribution < -0.4 is 10.2 Å². The van der Waals surface area contributed by atoms with E-state index in [9.17, 15) is 0 Å². The van der Waals surface area contributed by atoms with Crippen molar-refractivity contribution in [1.82, 2.24) is 9.97 Å². The Kier molecular flexibility index (Phi) is 3.63. The molecule has 2 aromatic rings. The number of aromatic nitrogens is 2. The molecule has 1 saturated heterocycles. The quantitative estimate of drug-likeness (QED) is 0.896.